The Kier molecular flexibility index (Phi) is 5.75. The van der Waals surface area contributed by atoms with Gasteiger partial charge in [0.25, 0.3) is 0 Å². The van der Waals surface area contributed by atoms with E-state index in [0.29, 0.717) is 18.1 Å². The van der Waals surface area contributed by atoms with Gasteiger partial charge in [0.05, 0.1) is 0 Å². The Balaban J connectivity index is 1.64. The van der Waals surface area contributed by atoms with Gasteiger partial charge in [-0.25, -0.2) is 9.78 Å². The van der Waals surface area contributed by atoms with E-state index < -0.39 is 5.97 Å². The third kappa shape index (κ3) is 4.24. The Labute approximate surface area is 169 Å². The van der Waals surface area contributed by atoms with E-state index in [1.54, 1.807) is 0 Å². The molecule has 29 heavy (non-hydrogen) atoms. The maximum atomic E-state index is 12.9. The number of carbonyl (C=O) groups excluding carboxylic acids is 1. The summed E-state index contributed by atoms with van der Waals surface area (Å²) in [5.41, 5.74) is 2.97. The molecule has 0 amide bonds. The number of para-hydroxylation sites is 1. The molecule has 0 fully saturated rings. The van der Waals surface area contributed by atoms with E-state index >= 15 is 0 Å². The number of benzene rings is 2. The second kappa shape index (κ2) is 8.78. The molecule has 0 aliphatic rings. The van der Waals surface area contributed by atoms with Crippen LogP contribution in [0.5, 0.6) is 0 Å². The number of rotatable bonds is 8. The average Bonchev–Trinajstić information content (AvgIpc) is 3.37. The molecule has 5 heteroatoms. The van der Waals surface area contributed by atoms with Crippen molar-refractivity contribution in [2.45, 2.75) is 39.2 Å². The number of aryl methyl sites for hydroxylation is 1. The number of fused-ring (bicyclic) bond motifs is 1. The summed E-state index contributed by atoms with van der Waals surface area (Å²) in [4.78, 5) is 20.6. The topological polar surface area (TPSA) is 68.1 Å². The molecule has 0 atom stereocenters. The zero-order valence-electron chi connectivity index (χ0n) is 16.5. The van der Waals surface area contributed by atoms with Crippen molar-refractivity contribution in [2.24, 2.45) is 0 Å². The highest BCUT2D eigenvalue weighted by atomic mass is 16.5. The summed E-state index contributed by atoms with van der Waals surface area (Å²) in [6.45, 7) is 2.35. The molecular formula is C24H24N2O3. The number of oxazole rings is 1. The number of aromatic amines is 1. The molecule has 0 saturated carbocycles. The van der Waals surface area contributed by atoms with E-state index in [9.17, 15) is 4.79 Å². The van der Waals surface area contributed by atoms with Crippen LogP contribution in [0.1, 0.15) is 48.1 Å². The molecule has 5 nitrogen and oxygen atoms in total. The van der Waals surface area contributed by atoms with Crippen molar-refractivity contribution >= 4 is 16.9 Å². The summed E-state index contributed by atoms with van der Waals surface area (Å²) in [5, 5.41) is 0.987. The van der Waals surface area contributed by atoms with Gasteiger partial charge >= 0.3 is 5.97 Å². The fourth-order valence-corrected chi connectivity index (χ4v) is 3.37. The smallest absolute Gasteiger partial charge is 0.361 e. The summed E-state index contributed by atoms with van der Waals surface area (Å²) in [6, 6.07) is 17.5. The Morgan fingerprint density at radius 1 is 1.07 bits per heavy atom. The van der Waals surface area contributed by atoms with Crippen LogP contribution in [0.25, 0.3) is 22.2 Å². The number of ether oxygens (including phenoxy) is 1. The molecular weight excluding hydrogens is 364 g/mol. The van der Waals surface area contributed by atoms with E-state index in [-0.39, 0.29) is 12.3 Å². The number of esters is 1. The summed E-state index contributed by atoms with van der Waals surface area (Å²) in [6.07, 6.45) is 5.74. The number of aromatic nitrogens is 2. The Morgan fingerprint density at radius 2 is 1.86 bits per heavy atom. The maximum absolute atomic E-state index is 12.9. The molecule has 148 valence electrons. The number of hydrogen-bond donors (Lipinski definition) is 1. The molecule has 2 aromatic carbocycles. The second-order valence-electron chi connectivity index (χ2n) is 7.05. The maximum Gasteiger partial charge on any atom is 0.361 e. The van der Waals surface area contributed by atoms with Crippen LogP contribution in [0, 0.1) is 0 Å². The number of hydrogen-bond acceptors (Lipinski definition) is 4. The lowest BCUT2D eigenvalue weighted by Gasteiger charge is -2.04. The lowest BCUT2D eigenvalue weighted by atomic mass is 10.1. The molecule has 0 aliphatic heterocycles. The van der Waals surface area contributed by atoms with Gasteiger partial charge in [-0.05, 0) is 18.1 Å². The number of carbonyl (C=O) groups is 1. The molecule has 1 N–H and O–H groups in total. The van der Waals surface area contributed by atoms with Gasteiger partial charge in [0, 0.05) is 29.1 Å². The predicted octanol–water partition coefficient (Wildman–Crippen LogP) is 5.91. The van der Waals surface area contributed by atoms with Crippen LogP contribution < -0.4 is 0 Å². The molecule has 0 unspecified atom stereocenters. The van der Waals surface area contributed by atoms with Gasteiger partial charge in [-0.15, -0.1) is 0 Å². The van der Waals surface area contributed by atoms with Gasteiger partial charge in [-0.2, -0.15) is 0 Å². The summed E-state index contributed by atoms with van der Waals surface area (Å²) in [7, 11) is 0. The lowest BCUT2D eigenvalue weighted by Crippen LogP contribution is -2.07. The SMILES string of the molecule is CCCCCc1nc(C(=O)OCc2ccccc2)c(-c2c[nH]c3ccccc23)o1. The van der Waals surface area contributed by atoms with Crippen LogP contribution in [-0.4, -0.2) is 15.9 Å². The third-order valence-corrected chi connectivity index (χ3v) is 4.91. The van der Waals surface area contributed by atoms with Gasteiger partial charge in [-0.3, -0.25) is 0 Å². The van der Waals surface area contributed by atoms with Gasteiger partial charge in [0.1, 0.15) is 6.61 Å². The molecule has 2 aromatic heterocycles. The van der Waals surface area contributed by atoms with Crippen LogP contribution in [0.15, 0.2) is 65.2 Å². The molecule has 0 spiro atoms. The van der Waals surface area contributed by atoms with Crippen molar-refractivity contribution in [1.29, 1.82) is 0 Å². The van der Waals surface area contributed by atoms with E-state index in [0.717, 1.165) is 41.3 Å². The molecule has 4 aromatic rings. The number of H-pyrrole nitrogens is 1. The Bertz CT molecular complexity index is 1100. The summed E-state index contributed by atoms with van der Waals surface area (Å²) in [5.74, 6) is 0.567. The third-order valence-electron chi connectivity index (χ3n) is 4.91. The molecule has 2 heterocycles. The highest BCUT2D eigenvalue weighted by Gasteiger charge is 2.24. The van der Waals surface area contributed by atoms with E-state index in [4.69, 9.17) is 9.15 Å². The first-order chi connectivity index (χ1) is 14.3. The molecule has 4 rings (SSSR count). The fraction of sp³-hybridized carbons (Fsp3) is 0.250. The van der Waals surface area contributed by atoms with Gasteiger partial charge < -0.3 is 14.1 Å². The van der Waals surface area contributed by atoms with Crippen LogP contribution >= 0.6 is 0 Å². The van der Waals surface area contributed by atoms with Gasteiger partial charge in [-0.1, -0.05) is 68.3 Å². The van der Waals surface area contributed by atoms with Crippen molar-refractivity contribution in [3.05, 3.63) is 77.9 Å². The average molecular weight is 388 g/mol. The van der Waals surface area contributed by atoms with E-state index in [1.807, 2.05) is 60.8 Å². The first kappa shape index (κ1) is 19.0. The quantitative estimate of drug-likeness (QED) is 0.301. The molecule has 0 saturated heterocycles. The summed E-state index contributed by atoms with van der Waals surface area (Å²) >= 11 is 0. The normalized spacial score (nSPS) is 11.1. The standard InChI is InChI=1S/C24H24N2O3/c1-2-3-5-14-21-26-22(24(27)28-16-17-10-6-4-7-11-17)23(29-21)19-15-25-20-13-9-8-12-18(19)20/h4,6-13,15,25H,2-3,5,14,16H2,1H3. The van der Waals surface area contributed by atoms with Crippen LogP contribution in [-0.2, 0) is 17.8 Å². The minimum absolute atomic E-state index is 0.199. The van der Waals surface area contributed by atoms with E-state index in [1.165, 1.54) is 0 Å². The number of nitrogens with one attached hydrogen (secondary N) is 1. The fourth-order valence-electron chi connectivity index (χ4n) is 3.37. The zero-order chi connectivity index (χ0) is 20.1. The monoisotopic (exact) mass is 388 g/mol. The molecule has 0 aliphatic carbocycles. The van der Waals surface area contributed by atoms with Crippen LogP contribution in [0.3, 0.4) is 0 Å². The Morgan fingerprint density at radius 3 is 2.69 bits per heavy atom. The van der Waals surface area contributed by atoms with Crippen molar-refractivity contribution in [3.8, 4) is 11.3 Å². The number of nitrogens with zero attached hydrogens (tertiary/aromatic N) is 1. The zero-order valence-corrected chi connectivity index (χ0v) is 16.5. The van der Waals surface area contributed by atoms with Gasteiger partial charge in [0.15, 0.2) is 17.3 Å². The second-order valence-corrected chi connectivity index (χ2v) is 7.05. The minimum atomic E-state index is -0.473. The Hall–Kier alpha value is -3.34. The van der Waals surface area contributed by atoms with E-state index in [2.05, 4.69) is 16.9 Å². The molecule has 0 radical (unpaired) electrons. The largest absolute Gasteiger partial charge is 0.456 e. The van der Waals surface area contributed by atoms with Crippen molar-refractivity contribution in [2.75, 3.05) is 0 Å². The lowest BCUT2D eigenvalue weighted by molar-refractivity contribution is 0.0467. The van der Waals surface area contributed by atoms with Crippen LogP contribution in [0.4, 0.5) is 0 Å². The molecule has 0 bridgehead atoms. The van der Waals surface area contributed by atoms with Crippen molar-refractivity contribution in [3.63, 3.8) is 0 Å². The highest BCUT2D eigenvalue weighted by Crippen LogP contribution is 2.32. The van der Waals surface area contributed by atoms with Crippen LogP contribution in [0.2, 0.25) is 0 Å². The first-order valence-corrected chi connectivity index (χ1v) is 10.0. The predicted molar refractivity (Wildman–Crippen MR) is 113 cm³/mol. The number of unbranched alkanes of at least 4 members (excludes halogenated alkanes) is 2. The highest BCUT2D eigenvalue weighted by molar-refractivity contribution is 6.01. The van der Waals surface area contributed by atoms with Crippen molar-refractivity contribution < 1.29 is 13.9 Å². The first-order valence-electron chi connectivity index (χ1n) is 10.0. The van der Waals surface area contributed by atoms with Gasteiger partial charge in [0.2, 0.25) is 0 Å². The minimum Gasteiger partial charge on any atom is -0.456 e. The summed E-state index contributed by atoms with van der Waals surface area (Å²) < 4.78 is 11.6. The van der Waals surface area contributed by atoms with Crippen molar-refractivity contribution in [1.82, 2.24) is 9.97 Å².